The first-order valence-corrected chi connectivity index (χ1v) is 5.42. The van der Waals surface area contributed by atoms with Crippen molar-refractivity contribution in [3.05, 3.63) is 55.7 Å². The number of nitrogens with one attached hydrogen (secondary N) is 1. The molecule has 1 aromatic heterocycles. The number of halogens is 1. The van der Waals surface area contributed by atoms with Crippen molar-refractivity contribution < 1.29 is 9.31 Å². The summed E-state index contributed by atoms with van der Waals surface area (Å²) in [5.74, 6) is -0.836. The second-order valence-corrected chi connectivity index (χ2v) is 4.07. The summed E-state index contributed by atoms with van der Waals surface area (Å²) in [6, 6.07) is 4.20. The number of nitrogens with zero attached hydrogens (tertiary/aromatic N) is 2. The van der Waals surface area contributed by atoms with E-state index in [2.05, 4.69) is 9.97 Å². The zero-order valence-electron chi connectivity index (χ0n) is 10.2. The van der Waals surface area contributed by atoms with E-state index in [0.29, 0.717) is 11.1 Å². The second-order valence-electron chi connectivity index (χ2n) is 4.07. The van der Waals surface area contributed by atoms with Gasteiger partial charge in [-0.2, -0.15) is 4.39 Å². The maximum Gasteiger partial charge on any atom is 0.287 e. The Hall–Kier alpha value is -2.57. The molecule has 19 heavy (non-hydrogen) atoms. The van der Waals surface area contributed by atoms with Crippen LogP contribution in [0, 0.1) is 29.8 Å². The molecule has 1 aromatic carbocycles. The molecule has 0 bridgehead atoms. The van der Waals surface area contributed by atoms with Gasteiger partial charge in [0.25, 0.3) is 11.2 Å². The molecule has 1 heterocycles. The van der Waals surface area contributed by atoms with Gasteiger partial charge in [0.2, 0.25) is 5.82 Å². The van der Waals surface area contributed by atoms with Gasteiger partial charge in [-0.3, -0.25) is 14.9 Å². The van der Waals surface area contributed by atoms with Crippen LogP contribution in [0.3, 0.4) is 0 Å². The van der Waals surface area contributed by atoms with Gasteiger partial charge in [0.15, 0.2) is 0 Å². The lowest BCUT2D eigenvalue weighted by molar-refractivity contribution is -0.384. The summed E-state index contributed by atoms with van der Waals surface area (Å²) >= 11 is 0. The molecule has 2 rings (SSSR count). The van der Waals surface area contributed by atoms with Crippen LogP contribution in [-0.4, -0.2) is 14.9 Å². The van der Waals surface area contributed by atoms with Crippen molar-refractivity contribution in [3.63, 3.8) is 0 Å². The van der Waals surface area contributed by atoms with Gasteiger partial charge in [0.1, 0.15) is 5.82 Å². The third-order valence-electron chi connectivity index (χ3n) is 2.72. The Morgan fingerprint density at radius 2 is 2.05 bits per heavy atom. The van der Waals surface area contributed by atoms with Gasteiger partial charge < -0.3 is 4.98 Å². The molecular formula is C12H10FN3O3. The van der Waals surface area contributed by atoms with Crippen LogP contribution >= 0.6 is 0 Å². The van der Waals surface area contributed by atoms with Gasteiger partial charge in [-0.15, -0.1) is 0 Å². The van der Waals surface area contributed by atoms with E-state index in [0.717, 1.165) is 0 Å². The first kappa shape index (κ1) is 12.9. The fourth-order valence-electron chi connectivity index (χ4n) is 1.68. The Morgan fingerprint density at radius 1 is 1.37 bits per heavy atom. The summed E-state index contributed by atoms with van der Waals surface area (Å²) in [6.07, 6.45) is 0. The number of aromatic nitrogens is 2. The van der Waals surface area contributed by atoms with Crippen LogP contribution in [0.25, 0.3) is 11.4 Å². The van der Waals surface area contributed by atoms with E-state index in [4.69, 9.17) is 0 Å². The van der Waals surface area contributed by atoms with Crippen molar-refractivity contribution in [2.24, 2.45) is 0 Å². The van der Waals surface area contributed by atoms with Crippen molar-refractivity contribution in [2.45, 2.75) is 13.8 Å². The Labute approximate surface area is 107 Å². The Kier molecular flexibility index (Phi) is 3.12. The average molecular weight is 263 g/mol. The molecule has 0 radical (unpaired) electrons. The maximum absolute atomic E-state index is 13.2. The van der Waals surface area contributed by atoms with Gasteiger partial charge in [-0.1, -0.05) is 6.07 Å². The number of hydrogen-bond acceptors (Lipinski definition) is 4. The highest BCUT2D eigenvalue weighted by Crippen LogP contribution is 2.24. The summed E-state index contributed by atoms with van der Waals surface area (Å²) < 4.78 is 13.2. The Balaban J connectivity index is 2.68. The predicted octanol–water partition coefficient (Wildman–Crippen LogP) is 2.10. The van der Waals surface area contributed by atoms with E-state index >= 15 is 0 Å². The van der Waals surface area contributed by atoms with Gasteiger partial charge in [0, 0.05) is 17.7 Å². The summed E-state index contributed by atoms with van der Waals surface area (Å²) in [7, 11) is 0. The van der Waals surface area contributed by atoms with Gasteiger partial charge >= 0.3 is 0 Å². The van der Waals surface area contributed by atoms with Crippen LogP contribution in [0.5, 0.6) is 0 Å². The van der Waals surface area contributed by atoms with Crippen molar-refractivity contribution in [1.29, 1.82) is 0 Å². The zero-order chi connectivity index (χ0) is 14.2. The highest BCUT2D eigenvalue weighted by molar-refractivity contribution is 5.63. The molecule has 98 valence electrons. The van der Waals surface area contributed by atoms with Gasteiger partial charge in [-0.25, -0.2) is 4.98 Å². The van der Waals surface area contributed by atoms with Crippen LogP contribution in [0.1, 0.15) is 11.3 Å². The number of nitro groups is 1. The number of aromatic amines is 1. The molecule has 7 heteroatoms. The number of hydrogen-bond donors (Lipinski definition) is 1. The minimum atomic E-state index is -0.952. The molecule has 0 amide bonds. The third-order valence-corrected chi connectivity index (χ3v) is 2.72. The second kappa shape index (κ2) is 4.60. The number of benzene rings is 1. The van der Waals surface area contributed by atoms with Crippen LogP contribution in [0.2, 0.25) is 0 Å². The van der Waals surface area contributed by atoms with E-state index in [9.17, 15) is 19.3 Å². The summed E-state index contributed by atoms with van der Waals surface area (Å²) in [4.78, 5) is 27.7. The standard InChI is InChI=1S/C12H10FN3O3/c1-6-3-4-8(16(18)19)5-9(6)11-14-7(2)10(13)12(17)15-11/h3-5H,1-2H3,(H,14,15,17). The molecule has 1 N–H and O–H groups in total. The van der Waals surface area contributed by atoms with E-state index in [1.165, 1.54) is 19.1 Å². The molecule has 2 aromatic rings. The lowest BCUT2D eigenvalue weighted by Crippen LogP contribution is -2.15. The minimum absolute atomic E-state index is 0.0512. The Morgan fingerprint density at radius 3 is 2.63 bits per heavy atom. The maximum atomic E-state index is 13.2. The van der Waals surface area contributed by atoms with Crippen LogP contribution < -0.4 is 5.56 Å². The normalized spacial score (nSPS) is 10.5. The topological polar surface area (TPSA) is 88.9 Å². The van der Waals surface area contributed by atoms with Crippen molar-refractivity contribution in [3.8, 4) is 11.4 Å². The first-order valence-electron chi connectivity index (χ1n) is 5.42. The van der Waals surface area contributed by atoms with E-state index in [-0.39, 0.29) is 17.2 Å². The van der Waals surface area contributed by atoms with Gasteiger partial charge in [-0.05, 0) is 19.4 Å². The quantitative estimate of drug-likeness (QED) is 0.663. The molecule has 0 fully saturated rings. The van der Waals surface area contributed by atoms with Crippen LogP contribution in [0.15, 0.2) is 23.0 Å². The molecule has 0 aliphatic rings. The smallest absolute Gasteiger partial charge is 0.287 e. The molecule has 0 atom stereocenters. The molecular weight excluding hydrogens is 253 g/mol. The van der Waals surface area contributed by atoms with Crippen molar-refractivity contribution >= 4 is 5.69 Å². The summed E-state index contributed by atoms with van der Waals surface area (Å²) in [5.41, 5.74) is 0.0254. The highest BCUT2D eigenvalue weighted by Gasteiger charge is 2.14. The predicted molar refractivity (Wildman–Crippen MR) is 66.4 cm³/mol. The molecule has 0 aliphatic heterocycles. The molecule has 0 saturated carbocycles. The summed E-state index contributed by atoms with van der Waals surface area (Å²) in [6.45, 7) is 3.08. The molecule has 0 unspecified atom stereocenters. The van der Waals surface area contributed by atoms with Crippen molar-refractivity contribution in [2.75, 3.05) is 0 Å². The summed E-state index contributed by atoms with van der Waals surface area (Å²) in [5, 5.41) is 10.7. The van der Waals surface area contributed by atoms with E-state index in [1.54, 1.807) is 13.0 Å². The molecule has 0 spiro atoms. The van der Waals surface area contributed by atoms with E-state index in [1.807, 2.05) is 0 Å². The number of nitro benzene ring substituents is 1. The largest absolute Gasteiger partial charge is 0.304 e. The molecule has 0 aliphatic carbocycles. The fourth-order valence-corrected chi connectivity index (χ4v) is 1.68. The van der Waals surface area contributed by atoms with Crippen LogP contribution in [0.4, 0.5) is 10.1 Å². The Bertz CT molecular complexity index is 725. The van der Waals surface area contributed by atoms with Crippen molar-refractivity contribution in [1.82, 2.24) is 9.97 Å². The highest BCUT2D eigenvalue weighted by atomic mass is 19.1. The minimum Gasteiger partial charge on any atom is -0.304 e. The monoisotopic (exact) mass is 263 g/mol. The molecule has 0 saturated heterocycles. The lowest BCUT2D eigenvalue weighted by atomic mass is 10.1. The number of non-ortho nitro benzene ring substituents is 1. The van der Waals surface area contributed by atoms with Gasteiger partial charge in [0.05, 0.1) is 10.6 Å². The van der Waals surface area contributed by atoms with E-state index < -0.39 is 16.3 Å². The first-order chi connectivity index (χ1) is 8.90. The number of aryl methyl sites for hydroxylation is 2. The third kappa shape index (κ3) is 2.35. The number of rotatable bonds is 2. The lowest BCUT2D eigenvalue weighted by Gasteiger charge is -2.06. The molecule has 6 nitrogen and oxygen atoms in total. The average Bonchev–Trinajstić information content (AvgIpc) is 2.35. The zero-order valence-corrected chi connectivity index (χ0v) is 10.2. The van der Waals surface area contributed by atoms with Crippen LogP contribution in [-0.2, 0) is 0 Å². The number of H-pyrrole nitrogens is 1. The fraction of sp³-hybridized carbons (Fsp3) is 0.167. The SMILES string of the molecule is Cc1ccc([N+](=O)[O-])cc1-c1nc(C)c(F)c(=O)[nH]1.